The first-order valence-electron chi connectivity index (χ1n) is 10.3. The maximum Gasteiger partial charge on any atom is 0.412 e. The van der Waals surface area contributed by atoms with E-state index in [1.807, 2.05) is 18.2 Å². The summed E-state index contributed by atoms with van der Waals surface area (Å²) in [6.07, 6.45) is -0.821. The fraction of sp³-hybridized carbons (Fsp3) is 0.250. The highest BCUT2D eigenvalue weighted by Gasteiger charge is 2.12. The van der Waals surface area contributed by atoms with Gasteiger partial charge in [-0.1, -0.05) is 38.1 Å². The number of carbonyl (C=O) groups excluding carboxylic acids is 2. The number of benzene rings is 3. The molecule has 0 aliphatic carbocycles. The van der Waals surface area contributed by atoms with E-state index in [1.165, 1.54) is 23.2 Å². The third-order valence-corrected chi connectivity index (χ3v) is 5.21. The molecule has 0 bridgehead atoms. The van der Waals surface area contributed by atoms with Crippen LogP contribution in [0.25, 0.3) is 10.8 Å². The maximum absolute atomic E-state index is 14.1. The van der Waals surface area contributed by atoms with Crippen LogP contribution >= 0.6 is 0 Å². The van der Waals surface area contributed by atoms with Gasteiger partial charge in [0.1, 0.15) is 12.4 Å². The number of amides is 2. The second kappa shape index (κ2) is 10.7. The quantitative estimate of drug-likeness (QED) is 0.350. The zero-order valence-electron chi connectivity index (χ0n) is 18.0. The van der Waals surface area contributed by atoms with Crippen LogP contribution in [-0.4, -0.2) is 35.2 Å². The van der Waals surface area contributed by atoms with Gasteiger partial charge in [0.15, 0.2) is 0 Å². The Hall–Kier alpha value is -3.49. The predicted octanol–water partition coefficient (Wildman–Crippen LogP) is 4.69. The van der Waals surface area contributed by atoms with E-state index in [1.54, 1.807) is 0 Å². The minimum atomic E-state index is -0.852. The summed E-state index contributed by atoms with van der Waals surface area (Å²) in [5, 5.41) is 13.0. The first-order chi connectivity index (χ1) is 15.4. The van der Waals surface area contributed by atoms with E-state index >= 15 is 0 Å². The molecule has 8 heteroatoms. The monoisotopic (exact) mass is 439 g/mol. The van der Waals surface area contributed by atoms with Gasteiger partial charge in [-0.3, -0.25) is 20.2 Å². The van der Waals surface area contributed by atoms with Crippen LogP contribution in [0.3, 0.4) is 0 Å². The Labute approximate surface area is 185 Å². The van der Waals surface area contributed by atoms with Crippen molar-refractivity contribution in [3.63, 3.8) is 0 Å². The van der Waals surface area contributed by atoms with Gasteiger partial charge >= 0.3 is 6.09 Å². The lowest BCUT2D eigenvalue weighted by Gasteiger charge is -2.18. The molecule has 0 atom stereocenters. The Bertz CT molecular complexity index is 1120. The average Bonchev–Trinajstić information content (AvgIpc) is 2.81. The summed E-state index contributed by atoms with van der Waals surface area (Å²) in [5.41, 5.74) is 3.25. The van der Waals surface area contributed by atoms with Gasteiger partial charge in [-0.2, -0.15) is 0 Å². The lowest BCUT2D eigenvalue weighted by atomic mass is 10.0. The van der Waals surface area contributed by atoms with Gasteiger partial charge < -0.3 is 4.74 Å². The van der Waals surface area contributed by atoms with Crippen molar-refractivity contribution >= 4 is 28.5 Å². The fourth-order valence-corrected chi connectivity index (χ4v) is 3.36. The highest BCUT2D eigenvalue weighted by molar-refractivity contribution is 5.94. The molecule has 0 saturated heterocycles. The van der Waals surface area contributed by atoms with Crippen molar-refractivity contribution in [2.45, 2.75) is 27.0 Å². The number of anilines is 1. The molecule has 0 radical (unpaired) electrons. The van der Waals surface area contributed by atoms with Crippen molar-refractivity contribution in [1.82, 2.24) is 10.4 Å². The topological polar surface area (TPSA) is 90.9 Å². The summed E-state index contributed by atoms with van der Waals surface area (Å²) in [5.74, 6) is -1.68. The lowest BCUT2D eigenvalue weighted by Crippen LogP contribution is -2.21. The van der Waals surface area contributed by atoms with E-state index in [2.05, 4.69) is 42.3 Å². The van der Waals surface area contributed by atoms with E-state index in [-0.39, 0.29) is 17.9 Å². The molecule has 32 heavy (non-hydrogen) atoms. The van der Waals surface area contributed by atoms with Crippen LogP contribution in [0, 0.1) is 5.82 Å². The molecular formula is C24H26FN3O4. The standard InChI is InChI=1S/C24H26FN3O4/c1-3-28(4-2)14-16-5-7-19-12-17(6-8-18(19)11-16)15-32-24(30)26-22-10-9-20(13-21(22)25)23(29)27-31/h5-13,31H,3-4,14-15H2,1-2H3,(H,26,30)(H,27,29). The molecule has 3 N–H and O–H groups in total. The number of ether oxygens (including phenoxy) is 1. The largest absolute Gasteiger partial charge is 0.444 e. The van der Waals surface area contributed by atoms with Crippen LogP contribution in [-0.2, 0) is 17.9 Å². The average molecular weight is 439 g/mol. The van der Waals surface area contributed by atoms with Crippen LogP contribution in [0.1, 0.15) is 35.3 Å². The highest BCUT2D eigenvalue weighted by Crippen LogP contribution is 2.20. The molecule has 0 spiro atoms. The molecule has 0 unspecified atom stereocenters. The number of nitrogens with one attached hydrogen (secondary N) is 2. The summed E-state index contributed by atoms with van der Waals surface area (Å²) in [7, 11) is 0. The first-order valence-corrected chi connectivity index (χ1v) is 10.3. The van der Waals surface area contributed by atoms with Crippen LogP contribution in [0.15, 0.2) is 54.6 Å². The number of nitrogens with zero attached hydrogens (tertiary/aromatic N) is 1. The summed E-state index contributed by atoms with van der Waals surface area (Å²) in [6.45, 7) is 7.21. The van der Waals surface area contributed by atoms with E-state index in [4.69, 9.17) is 9.94 Å². The number of carbonyl (C=O) groups is 2. The molecule has 168 valence electrons. The molecule has 0 heterocycles. The lowest BCUT2D eigenvalue weighted by molar-refractivity contribution is 0.0706. The Morgan fingerprint density at radius 1 is 0.969 bits per heavy atom. The van der Waals surface area contributed by atoms with Crippen LogP contribution in [0.5, 0.6) is 0 Å². The van der Waals surface area contributed by atoms with Crippen molar-refractivity contribution in [3.05, 3.63) is 77.1 Å². The van der Waals surface area contributed by atoms with Crippen LogP contribution < -0.4 is 10.8 Å². The normalized spacial score (nSPS) is 10.9. The van der Waals surface area contributed by atoms with Gasteiger partial charge in [0, 0.05) is 12.1 Å². The molecule has 3 aromatic carbocycles. The summed E-state index contributed by atoms with van der Waals surface area (Å²) >= 11 is 0. The fourth-order valence-electron chi connectivity index (χ4n) is 3.36. The highest BCUT2D eigenvalue weighted by atomic mass is 19.1. The van der Waals surface area contributed by atoms with Crippen molar-refractivity contribution < 1.29 is 23.9 Å². The molecule has 0 saturated carbocycles. The molecule has 0 aliphatic rings. The van der Waals surface area contributed by atoms with Crippen molar-refractivity contribution in [2.75, 3.05) is 18.4 Å². The second-order valence-electron chi connectivity index (χ2n) is 7.31. The smallest absolute Gasteiger partial charge is 0.412 e. The number of hydrogen-bond donors (Lipinski definition) is 3. The Morgan fingerprint density at radius 3 is 2.25 bits per heavy atom. The molecule has 7 nitrogen and oxygen atoms in total. The van der Waals surface area contributed by atoms with Crippen LogP contribution in [0.2, 0.25) is 0 Å². The van der Waals surface area contributed by atoms with E-state index < -0.39 is 17.8 Å². The first kappa shape index (κ1) is 23.2. The third-order valence-electron chi connectivity index (χ3n) is 5.21. The summed E-state index contributed by atoms with van der Waals surface area (Å²) < 4.78 is 19.3. The molecule has 2 amide bonds. The van der Waals surface area contributed by atoms with E-state index in [9.17, 15) is 14.0 Å². The van der Waals surface area contributed by atoms with Gasteiger partial charge in [-0.25, -0.2) is 14.7 Å². The Morgan fingerprint density at radius 2 is 1.62 bits per heavy atom. The van der Waals surface area contributed by atoms with Gasteiger partial charge in [-0.15, -0.1) is 0 Å². The Kier molecular flexibility index (Phi) is 7.75. The summed E-state index contributed by atoms with van der Waals surface area (Å²) in [6, 6.07) is 15.5. The Balaban J connectivity index is 1.60. The number of hydroxylamine groups is 1. The minimum Gasteiger partial charge on any atom is -0.444 e. The minimum absolute atomic E-state index is 0.0234. The van der Waals surface area contributed by atoms with Crippen molar-refractivity contribution in [3.8, 4) is 0 Å². The number of hydrogen-bond acceptors (Lipinski definition) is 5. The van der Waals surface area contributed by atoms with Gasteiger partial charge in [-0.05, 0) is 65.3 Å². The summed E-state index contributed by atoms with van der Waals surface area (Å²) in [4.78, 5) is 25.7. The SMILES string of the molecule is CCN(CC)Cc1ccc2cc(COC(=O)Nc3ccc(C(=O)NO)cc3F)ccc2c1. The van der Waals surface area contributed by atoms with Crippen molar-refractivity contribution in [1.29, 1.82) is 0 Å². The van der Waals surface area contributed by atoms with Gasteiger partial charge in [0.2, 0.25) is 0 Å². The zero-order chi connectivity index (χ0) is 23.1. The molecule has 3 aromatic rings. The molecular weight excluding hydrogens is 413 g/mol. The number of rotatable bonds is 8. The molecule has 0 aromatic heterocycles. The predicted molar refractivity (Wildman–Crippen MR) is 120 cm³/mol. The van der Waals surface area contributed by atoms with Gasteiger partial charge in [0.25, 0.3) is 5.91 Å². The second-order valence-corrected chi connectivity index (χ2v) is 7.31. The molecule has 0 fully saturated rings. The molecule has 3 rings (SSSR count). The zero-order valence-corrected chi connectivity index (χ0v) is 18.0. The maximum atomic E-state index is 14.1. The number of fused-ring (bicyclic) bond motifs is 1. The van der Waals surface area contributed by atoms with Crippen molar-refractivity contribution in [2.24, 2.45) is 0 Å². The number of halogens is 1. The molecule has 0 aliphatic heterocycles. The third kappa shape index (κ3) is 5.81. The van der Waals surface area contributed by atoms with E-state index in [0.717, 1.165) is 42.0 Å². The van der Waals surface area contributed by atoms with Gasteiger partial charge in [0.05, 0.1) is 5.69 Å². The van der Waals surface area contributed by atoms with E-state index in [0.29, 0.717) is 0 Å². The van der Waals surface area contributed by atoms with Crippen LogP contribution in [0.4, 0.5) is 14.9 Å².